The molecule has 0 N–H and O–H groups in total. The number of carbonyl (C=O) groups excluding carboxylic acids is 1. The van der Waals surface area contributed by atoms with Crippen molar-refractivity contribution in [3.05, 3.63) is 60.0 Å². The van der Waals surface area contributed by atoms with Crippen LogP contribution in [0.3, 0.4) is 0 Å². The average molecular weight is 331 g/mol. The fourth-order valence-corrected chi connectivity index (χ4v) is 3.38. The van der Waals surface area contributed by atoms with Crippen LogP contribution >= 0.6 is 0 Å². The molecule has 1 fully saturated rings. The normalized spacial score (nSPS) is 14.7. The molecule has 0 radical (unpaired) electrons. The number of carbonyl (C=O) groups is 1. The van der Waals surface area contributed by atoms with Crippen LogP contribution in [0.4, 0.5) is 0 Å². The van der Waals surface area contributed by atoms with Gasteiger partial charge in [0.25, 0.3) is 5.91 Å². The van der Waals surface area contributed by atoms with E-state index < -0.39 is 0 Å². The molecular formula is C21H21N3O. The summed E-state index contributed by atoms with van der Waals surface area (Å²) < 4.78 is 0. The van der Waals surface area contributed by atoms with Crippen molar-refractivity contribution in [2.45, 2.75) is 26.2 Å². The van der Waals surface area contributed by atoms with Gasteiger partial charge in [-0.1, -0.05) is 24.3 Å². The van der Waals surface area contributed by atoms with Crippen molar-refractivity contribution in [1.82, 2.24) is 14.9 Å². The zero-order valence-corrected chi connectivity index (χ0v) is 14.4. The Balaban J connectivity index is 1.60. The van der Waals surface area contributed by atoms with Crippen molar-refractivity contribution in [2.24, 2.45) is 0 Å². The Hall–Kier alpha value is -2.75. The lowest BCUT2D eigenvalue weighted by atomic mass is 10.0. The van der Waals surface area contributed by atoms with Crippen LogP contribution in [-0.4, -0.2) is 33.9 Å². The topological polar surface area (TPSA) is 46.1 Å². The molecule has 4 heteroatoms. The number of piperidine rings is 1. The van der Waals surface area contributed by atoms with Gasteiger partial charge in [-0.2, -0.15) is 0 Å². The summed E-state index contributed by atoms with van der Waals surface area (Å²) in [6, 6.07) is 14.1. The minimum Gasteiger partial charge on any atom is -0.339 e. The fourth-order valence-electron chi connectivity index (χ4n) is 3.38. The average Bonchev–Trinajstić information content (AvgIpc) is 2.67. The number of hydrogen-bond donors (Lipinski definition) is 0. The van der Waals surface area contributed by atoms with E-state index in [2.05, 4.69) is 22.1 Å². The zero-order valence-electron chi connectivity index (χ0n) is 14.4. The Bertz CT molecular complexity index is 912. The second kappa shape index (κ2) is 6.63. The molecule has 1 saturated heterocycles. The predicted molar refractivity (Wildman–Crippen MR) is 99.5 cm³/mol. The van der Waals surface area contributed by atoms with E-state index in [1.807, 2.05) is 48.4 Å². The quantitative estimate of drug-likeness (QED) is 0.706. The summed E-state index contributed by atoms with van der Waals surface area (Å²) in [5.41, 5.74) is 3.90. The number of amides is 1. The number of likely N-dealkylation sites (tertiary alicyclic amines) is 1. The van der Waals surface area contributed by atoms with Crippen LogP contribution in [0.25, 0.3) is 22.0 Å². The molecule has 1 aliphatic heterocycles. The number of aryl methyl sites for hydroxylation is 1. The van der Waals surface area contributed by atoms with Crippen LogP contribution in [0.15, 0.2) is 48.7 Å². The van der Waals surface area contributed by atoms with Gasteiger partial charge in [0, 0.05) is 30.2 Å². The van der Waals surface area contributed by atoms with E-state index in [-0.39, 0.29) is 5.91 Å². The molecule has 126 valence electrons. The summed E-state index contributed by atoms with van der Waals surface area (Å²) in [4.78, 5) is 23.3. The van der Waals surface area contributed by atoms with Gasteiger partial charge in [0.05, 0.1) is 5.52 Å². The van der Waals surface area contributed by atoms with Gasteiger partial charge in [-0.15, -0.1) is 0 Å². The van der Waals surface area contributed by atoms with E-state index in [1.165, 1.54) is 6.42 Å². The van der Waals surface area contributed by atoms with E-state index in [1.54, 1.807) is 0 Å². The van der Waals surface area contributed by atoms with Crippen molar-refractivity contribution < 1.29 is 4.79 Å². The smallest absolute Gasteiger partial charge is 0.253 e. The van der Waals surface area contributed by atoms with Gasteiger partial charge < -0.3 is 4.90 Å². The molecule has 0 atom stereocenters. The summed E-state index contributed by atoms with van der Waals surface area (Å²) >= 11 is 0. The summed E-state index contributed by atoms with van der Waals surface area (Å²) in [6.07, 6.45) is 5.31. The minimum atomic E-state index is 0.146. The molecule has 0 saturated carbocycles. The van der Waals surface area contributed by atoms with Gasteiger partial charge in [-0.05, 0) is 55.5 Å². The molecule has 0 unspecified atom stereocenters. The van der Waals surface area contributed by atoms with E-state index >= 15 is 0 Å². The minimum absolute atomic E-state index is 0.146. The molecule has 0 bridgehead atoms. The standard InChI is InChI=1S/C21H21N3O/c1-15-22-14-19-10-9-18(13-20(19)23-15)16-5-7-17(8-6-16)21(25)24-11-3-2-4-12-24/h5-10,13-14H,2-4,11-12H2,1H3. The molecule has 1 amide bonds. The van der Waals surface area contributed by atoms with E-state index in [0.29, 0.717) is 0 Å². The van der Waals surface area contributed by atoms with Crippen LogP contribution in [0.5, 0.6) is 0 Å². The molecule has 2 heterocycles. The lowest BCUT2D eigenvalue weighted by Gasteiger charge is -2.26. The van der Waals surface area contributed by atoms with Gasteiger partial charge in [0.15, 0.2) is 0 Å². The van der Waals surface area contributed by atoms with Crippen molar-refractivity contribution in [2.75, 3.05) is 13.1 Å². The highest BCUT2D eigenvalue weighted by molar-refractivity contribution is 5.95. The molecule has 1 aromatic heterocycles. The maximum atomic E-state index is 12.6. The first kappa shape index (κ1) is 15.8. The molecule has 0 aliphatic carbocycles. The van der Waals surface area contributed by atoms with E-state index in [0.717, 1.165) is 59.3 Å². The molecular weight excluding hydrogens is 310 g/mol. The lowest BCUT2D eigenvalue weighted by Crippen LogP contribution is -2.35. The molecule has 2 aromatic carbocycles. The van der Waals surface area contributed by atoms with E-state index in [4.69, 9.17) is 0 Å². The lowest BCUT2D eigenvalue weighted by molar-refractivity contribution is 0.0724. The van der Waals surface area contributed by atoms with Crippen molar-refractivity contribution in [1.29, 1.82) is 0 Å². The number of aromatic nitrogens is 2. The Morgan fingerprint density at radius 1 is 0.960 bits per heavy atom. The van der Waals surface area contributed by atoms with Crippen LogP contribution in [0.1, 0.15) is 35.4 Å². The number of nitrogens with zero attached hydrogens (tertiary/aromatic N) is 3. The third kappa shape index (κ3) is 3.25. The van der Waals surface area contributed by atoms with E-state index in [9.17, 15) is 4.79 Å². The summed E-state index contributed by atoms with van der Waals surface area (Å²) in [5.74, 6) is 0.917. The first-order valence-corrected chi connectivity index (χ1v) is 8.84. The number of fused-ring (bicyclic) bond motifs is 1. The molecule has 25 heavy (non-hydrogen) atoms. The second-order valence-corrected chi connectivity index (χ2v) is 6.62. The van der Waals surface area contributed by atoms with Crippen LogP contribution < -0.4 is 0 Å². The van der Waals surface area contributed by atoms with Gasteiger partial charge in [-0.3, -0.25) is 4.79 Å². The molecule has 4 nitrogen and oxygen atoms in total. The third-order valence-corrected chi connectivity index (χ3v) is 4.81. The second-order valence-electron chi connectivity index (χ2n) is 6.62. The maximum absolute atomic E-state index is 12.6. The van der Waals surface area contributed by atoms with Gasteiger partial charge >= 0.3 is 0 Å². The van der Waals surface area contributed by atoms with Crippen molar-refractivity contribution in [3.63, 3.8) is 0 Å². The summed E-state index contributed by atoms with van der Waals surface area (Å²) in [7, 11) is 0. The predicted octanol–water partition coefficient (Wildman–Crippen LogP) is 4.23. The number of rotatable bonds is 2. The van der Waals surface area contributed by atoms with Gasteiger partial charge in [0.2, 0.25) is 0 Å². The number of hydrogen-bond acceptors (Lipinski definition) is 3. The summed E-state index contributed by atoms with van der Waals surface area (Å²) in [5, 5.41) is 1.03. The Morgan fingerprint density at radius 2 is 1.68 bits per heavy atom. The highest BCUT2D eigenvalue weighted by Crippen LogP contribution is 2.24. The van der Waals surface area contributed by atoms with Gasteiger partial charge in [0.1, 0.15) is 5.82 Å². The van der Waals surface area contributed by atoms with Crippen LogP contribution in [-0.2, 0) is 0 Å². The Kier molecular flexibility index (Phi) is 4.18. The summed E-state index contributed by atoms with van der Waals surface area (Å²) in [6.45, 7) is 3.65. The van der Waals surface area contributed by atoms with Crippen molar-refractivity contribution >= 4 is 16.8 Å². The van der Waals surface area contributed by atoms with Gasteiger partial charge in [-0.25, -0.2) is 9.97 Å². The highest BCUT2D eigenvalue weighted by Gasteiger charge is 2.17. The molecule has 3 aromatic rings. The zero-order chi connectivity index (χ0) is 17.2. The maximum Gasteiger partial charge on any atom is 0.253 e. The molecule has 1 aliphatic rings. The number of benzene rings is 2. The Morgan fingerprint density at radius 3 is 2.44 bits per heavy atom. The van der Waals surface area contributed by atoms with Crippen LogP contribution in [0.2, 0.25) is 0 Å². The molecule has 0 spiro atoms. The third-order valence-electron chi connectivity index (χ3n) is 4.81. The molecule has 4 rings (SSSR count). The first-order chi connectivity index (χ1) is 12.2. The van der Waals surface area contributed by atoms with Crippen LogP contribution in [0, 0.1) is 6.92 Å². The largest absolute Gasteiger partial charge is 0.339 e. The fraction of sp³-hybridized carbons (Fsp3) is 0.286. The Labute approximate surface area is 147 Å². The monoisotopic (exact) mass is 331 g/mol. The SMILES string of the molecule is Cc1ncc2ccc(-c3ccc(C(=O)N4CCCCC4)cc3)cc2n1. The first-order valence-electron chi connectivity index (χ1n) is 8.84. The highest BCUT2D eigenvalue weighted by atomic mass is 16.2. The van der Waals surface area contributed by atoms with Crippen molar-refractivity contribution in [3.8, 4) is 11.1 Å².